The number of carbonyl (C=O) groups excluding carboxylic acids is 2. The Kier molecular flexibility index (Phi) is 1.83. The van der Waals surface area contributed by atoms with Gasteiger partial charge in [0, 0.05) is 7.05 Å². The highest BCUT2D eigenvalue weighted by molar-refractivity contribution is 5.95. The number of amides is 2. The van der Waals surface area contributed by atoms with Crippen LogP contribution in [0, 0.1) is 11.3 Å². The molecule has 7 aliphatic rings. The summed E-state index contributed by atoms with van der Waals surface area (Å²) in [6.07, 6.45) is 7.97. The molecule has 2 amide bonds. The van der Waals surface area contributed by atoms with Gasteiger partial charge in [-0.3, -0.25) is 9.59 Å². The third kappa shape index (κ3) is 0.994. The summed E-state index contributed by atoms with van der Waals surface area (Å²) in [5, 5.41) is 13.3. The first-order valence-corrected chi connectivity index (χ1v) is 6.68. The van der Waals surface area contributed by atoms with Crippen LogP contribution in [0.25, 0.3) is 0 Å². The molecule has 0 unspecified atom stereocenters. The summed E-state index contributed by atoms with van der Waals surface area (Å²) in [4.78, 5) is 26.7. The number of rotatable bonds is 0. The molecule has 2 fully saturated rings. The van der Waals surface area contributed by atoms with Crippen molar-refractivity contribution < 1.29 is 14.7 Å². The number of carbonyl (C=O) groups is 2. The van der Waals surface area contributed by atoms with Gasteiger partial charge in [0.15, 0.2) is 0 Å². The Morgan fingerprint density at radius 2 is 2.16 bits per heavy atom. The molecule has 0 aromatic heterocycles. The number of nitrogens with zero attached hydrogens (tertiary/aromatic N) is 1. The molecule has 2 aliphatic carbocycles. The Bertz CT molecular complexity index is 555. The molecule has 0 radical (unpaired) electrons. The van der Waals surface area contributed by atoms with E-state index in [2.05, 4.69) is 5.32 Å². The molecule has 2 N–H and O–H groups in total. The lowest BCUT2D eigenvalue weighted by molar-refractivity contribution is -0.152. The molecule has 7 rings (SSSR count). The molecule has 5 aliphatic heterocycles. The van der Waals surface area contributed by atoms with Gasteiger partial charge in [-0.15, -0.1) is 0 Å². The van der Waals surface area contributed by atoms with E-state index in [-0.39, 0.29) is 23.8 Å². The predicted molar refractivity (Wildman–Crippen MR) is 66.9 cm³/mol. The average molecular weight is 260 g/mol. The summed E-state index contributed by atoms with van der Waals surface area (Å²) < 4.78 is 0. The van der Waals surface area contributed by atoms with Crippen molar-refractivity contribution >= 4 is 11.8 Å². The summed E-state index contributed by atoms with van der Waals surface area (Å²) in [5.74, 6) is -0.450. The van der Waals surface area contributed by atoms with Crippen molar-refractivity contribution in [3.63, 3.8) is 0 Å². The fraction of sp³-hybridized carbons (Fsp3) is 0.571. The molecular formula is C14H16N2O3. The second-order valence-corrected chi connectivity index (χ2v) is 6.03. The third-order valence-electron chi connectivity index (χ3n) is 5.37. The topological polar surface area (TPSA) is 69.6 Å². The lowest BCUT2D eigenvalue weighted by Crippen LogP contribution is -2.73. The van der Waals surface area contributed by atoms with Gasteiger partial charge in [-0.05, 0) is 12.8 Å². The highest BCUT2D eigenvalue weighted by Gasteiger charge is 2.67. The SMILES string of the molecule is CN1C(=O)[C@]23C=C[C@H]1[C@@H]1C=C[C@]2(NC1=O)[C@H](O)CC3. The first-order chi connectivity index (χ1) is 9.02. The third-order valence-corrected chi connectivity index (χ3v) is 5.37. The normalized spacial score (nSPS) is 50.2. The first-order valence-electron chi connectivity index (χ1n) is 6.68. The van der Waals surface area contributed by atoms with Crippen LogP contribution in [0.2, 0.25) is 0 Å². The van der Waals surface area contributed by atoms with Crippen molar-refractivity contribution in [2.24, 2.45) is 11.3 Å². The summed E-state index contributed by atoms with van der Waals surface area (Å²) in [6.45, 7) is 0. The molecule has 4 bridgehead atoms. The zero-order chi connectivity index (χ0) is 13.4. The molecule has 5 heterocycles. The zero-order valence-electron chi connectivity index (χ0n) is 10.7. The van der Waals surface area contributed by atoms with Crippen LogP contribution in [0.15, 0.2) is 24.3 Å². The summed E-state index contributed by atoms with van der Waals surface area (Å²) >= 11 is 0. The van der Waals surface area contributed by atoms with Crippen molar-refractivity contribution in [1.82, 2.24) is 10.2 Å². The van der Waals surface area contributed by atoms with Crippen LogP contribution in [0.5, 0.6) is 0 Å². The number of hydrogen-bond acceptors (Lipinski definition) is 3. The number of aliphatic hydroxyl groups is 1. The van der Waals surface area contributed by atoms with Crippen LogP contribution in [-0.2, 0) is 9.59 Å². The van der Waals surface area contributed by atoms with E-state index in [4.69, 9.17) is 0 Å². The van der Waals surface area contributed by atoms with Crippen molar-refractivity contribution in [3.05, 3.63) is 24.3 Å². The van der Waals surface area contributed by atoms with Crippen LogP contribution in [0.1, 0.15) is 12.8 Å². The monoisotopic (exact) mass is 260 g/mol. The van der Waals surface area contributed by atoms with Crippen LogP contribution in [-0.4, -0.2) is 46.6 Å². The van der Waals surface area contributed by atoms with E-state index in [1.54, 1.807) is 11.9 Å². The molecule has 0 aromatic carbocycles. The van der Waals surface area contributed by atoms with Crippen molar-refractivity contribution in [2.45, 2.75) is 30.5 Å². The number of nitrogens with one attached hydrogen (secondary N) is 1. The van der Waals surface area contributed by atoms with Crippen molar-refractivity contribution in [1.29, 1.82) is 0 Å². The Balaban J connectivity index is 2.04. The maximum atomic E-state index is 12.8. The summed E-state index contributed by atoms with van der Waals surface area (Å²) in [5.41, 5.74) is -1.79. The second-order valence-electron chi connectivity index (χ2n) is 6.03. The lowest BCUT2D eigenvalue weighted by Gasteiger charge is -2.54. The van der Waals surface area contributed by atoms with Gasteiger partial charge >= 0.3 is 0 Å². The fourth-order valence-electron chi connectivity index (χ4n) is 4.27. The standard InChI is InChI=1S/C14H16N2O3/c1-16-9-3-5-13(12(16)19)6-4-10(17)14(13)7-2-8(9)11(18)15-14/h2-3,5,7-10,17H,4,6H2,1H3,(H,15,18)/t8-,9-,10+,13+,14-/m0/s1. The Morgan fingerprint density at radius 1 is 1.37 bits per heavy atom. The average Bonchev–Trinajstić information content (AvgIpc) is 2.60. The molecule has 5 atom stereocenters. The van der Waals surface area contributed by atoms with E-state index in [0.717, 1.165) is 0 Å². The maximum absolute atomic E-state index is 12.8. The van der Waals surface area contributed by atoms with Crippen molar-refractivity contribution in [3.8, 4) is 0 Å². The molecule has 5 heteroatoms. The predicted octanol–water partition coefficient (Wildman–Crippen LogP) is -0.421. The lowest BCUT2D eigenvalue weighted by atomic mass is 9.63. The van der Waals surface area contributed by atoms with Crippen LogP contribution in [0.3, 0.4) is 0 Å². The van der Waals surface area contributed by atoms with Gasteiger partial charge in [0.2, 0.25) is 11.8 Å². The Hall–Kier alpha value is -1.62. The number of hydrogen-bond donors (Lipinski definition) is 2. The number of likely N-dealkylation sites (N-methyl/N-ethyl adjacent to an activating group) is 1. The van der Waals surface area contributed by atoms with E-state index in [1.165, 1.54) is 0 Å². The largest absolute Gasteiger partial charge is 0.390 e. The highest BCUT2D eigenvalue weighted by Crippen LogP contribution is 2.54. The molecule has 1 saturated carbocycles. The Morgan fingerprint density at radius 3 is 2.89 bits per heavy atom. The fourth-order valence-corrected chi connectivity index (χ4v) is 4.27. The van der Waals surface area contributed by atoms with Crippen LogP contribution < -0.4 is 5.32 Å². The molecule has 100 valence electrons. The molecular weight excluding hydrogens is 244 g/mol. The number of aliphatic hydroxyl groups excluding tert-OH is 1. The van der Waals surface area contributed by atoms with Gasteiger partial charge < -0.3 is 15.3 Å². The molecule has 5 nitrogen and oxygen atoms in total. The van der Waals surface area contributed by atoms with Gasteiger partial charge in [0.05, 0.1) is 23.5 Å². The van der Waals surface area contributed by atoms with E-state index >= 15 is 0 Å². The first kappa shape index (κ1) is 11.2. The van der Waals surface area contributed by atoms with Gasteiger partial charge in [0.25, 0.3) is 0 Å². The second kappa shape index (κ2) is 3.10. The van der Waals surface area contributed by atoms with Crippen LogP contribution >= 0.6 is 0 Å². The molecule has 1 saturated heterocycles. The zero-order valence-corrected chi connectivity index (χ0v) is 10.7. The van der Waals surface area contributed by atoms with E-state index < -0.39 is 17.1 Å². The van der Waals surface area contributed by atoms with Crippen LogP contribution in [0.4, 0.5) is 0 Å². The minimum atomic E-state index is -0.964. The van der Waals surface area contributed by atoms with E-state index in [0.29, 0.717) is 12.8 Å². The minimum Gasteiger partial charge on any atom is -0.390 e. The van der Waals surface area contributed by atoms with Gasteiger partial charge in [-0.1, -0.05) is 24.3 Å². The van der Waals surface area contributed by atoms with Gasteiger partial charge in [-0.25, -0.2) is 0 Å². The van der Waals surface area contributed by atoms with Crippen molar-refractivity contribution in [2.75, 3.05) is 7.05 Å². The Labute approximate surface area is 111 Å². The molecule has 19 heavy (non-hydrogen) atoms. The smallest absolute Gasteiger partial charge is 0.235 e. The van der Waals surface area contributed by atoms with Gasteiger partial charge in [0.1, 0.15) is 5.54 Å². The van der Waals surface area contributed by atoms with E-state index in [9.17, 15) is 14.7 Å². The van der Waals surface area contributed by atoms with E-state index in [1.807, 2.05) is 24.3 Å². The van der Waals surface area contributed by atoms with Gasteiger partial charge in [-0.2, -0.15) is 0 Å². The minimum absolute atomic E-state index is 0.00546. The molecule has 0 aromatic rings. The summed E-state index contributed by atoms with van der Waals surface area (Å²) in [6, 6.07) is -0.217. The maximum Gasteiger partial charge on any atom is 0.235 e. The summed E-state index contributed by atoms with van der Waals surface area (Å²) in [7, 11) is 1.75. The highest BCUT2D eigenvalue weighted by atomic mass is 16.3. The molecule has 2 spiro atoms. The quantitative estimate of drug-likeness (QED) is 0.581.